The molecule has 2 aromatic rings. The zero-order valence-corrected chi connectivity index (χ0v) is 16.7. The normalized spacial score (nSPS) is 12.4. The highest BCUT2D eigenvalue weighted by molar-refractivity contribution is 5.89. The number of aromatic hydroxyl groups is 1. The van der Waals surface area contributed by atoms with Crippen molar-refractivity contribution in [2.45, 2.75) is 38.3 Å². The molecule has 0 aliphatic carbocycles. The number of benzene rings is 2. The minimum atomic E-state index is -0.761. The molecule has 7 heteroatoms. The van der Waals surface area contributed by atoms with Crippen molar-refractivity contribution in [3.63, 3.8) is 0 Å². The molecule has 0 radical (unpaired) electrons. The number of halogens is 1. The molecule has 0 fully saturated rings. The first-order chi connectivity index (χ1) is 13.0. The van der Waals surface area contributed by atoms with Gasteiger partial charge < -0.3 is 21.5 Å². The molecule has 6 nitrogen and oxygen atoms in total. The summed E-state index contributed by atoms with van der Waals surface area (Å²) in [6.07, 6.45) is 2.05. The average molecular weight is 406 g/mol. The molecule has 2 amide bonds. The third kappa shape index (κ3) is 7.98. The molecule has 0 aliphatic rings. The van der Waals surface area contributed by atoms with E-state index in [4.69, 9.17) is 5.73 Å². The van der Waals surface area contributed by atoms with E-state index in [2.05, 4.69) is 22.8 Å². The number of carbonyl (C=O) groups is 2. The van der Waals surface area contributed by atoms with Crippen molar-refractivity contribution >= 4 is 24.2 Å². The Labute approximate surface area is 171 Å². The molecule has 2 rings (SSSR count). The predicted molar refractivity (Wildman–Crippen MR) is 112 cm³/mol. The summed E-state index contributed by atoms with van der Waals surface area (Å²) in [6, 6.07) is 15.2. The molecule has 0 spiro atoms. The summed E-state index contributed by atoms with van der Waals surface area (Å²) < 4.78 is 0. The van der Waals surface area contributed by atoms with E-state index in [1.165, 1.54) is 5.56 Å². The second kappa shape index (κ2) is 12.0. The van der Waals surface area contributed by atoms with Gasteiger partial charge in [0.15, 0.2) is 0 Å². The first-order valence-electron chi connectivity index (χ1n) is 9.11. The van der Waals surface area contributed by atoms with Crippen LogP contribution in [0.1, 0.15) is 24.5 Å². The lowest BCUT2D eigenvalue weighted by Crippen LogP contribution is -2.51. The van der Waals surface area contributed by atoms with Crippen molar-refractivity contribution < 1.29 is 14.7 Å². The Morgan fingerprint density at radius 1 is 1.00 bits per heavy atom. The summed E-state index contributed by atoms with van der Waals surface area (Å²) in [5.74, 6) is -0.447. The van der Waals surface area contributed by atoms with E-state index in [0.717, 1.165) is 18.4 Å². The number of hydrogen-bond acceptors (Lipinski definition) is 4. The van der Waals surface area contributed by atoms with Gasteiger partial charge in [-0.15, -0.1) is 12.4 Å². The van der Waals surface area contributed by atoms with Gasteiger partial charge in [0, 0.05) is 6.54 Å². The molecular formula is C21H28ClN3O3. The van der Waals surface area contributed by atoms with Crippen LogP contribution in [0.25, 0.3) is 0 Å². The third-order valence-electron chi connectivity index (χ3n) is 4.27. The van der Waals surface area contributed by atoms with Crippen molar-refractivity contribution in [2.75, 3.05) is 6.54 Å². The van der Waals surface area contributed by atoms with Gasteiger partial charge in [-0.2, -0.15) is 0 Å². The average Bonchev–Trinajstić information content (AvgIpc) is 2.67. The summed E-state index contributed by atoms with van der Waals surface area (Å²) in [4.78, 5) is 24.3. The maximum atomic E-state index is 12.2. The molecule has 0 saturated carbocycles. The number of aryl methyl sites for hydroxylation is 1. The number of nitrogens with one attached hydrogen (secondary N) is 2. The summed E-state index contributed by atoms with van der Waals surface area (Å²) in [7, 11) is 0. The van der Waals surface area contributed by atoms with Gasteiger partial charge in [-0.05, 0) is 49.4 Å². The summed E-state index contributed by atoms with van der Waals surface area (Å²) in [5, 5.41) is 14.8. The second-order valence-electron chi connectivity index (χ2n) is 6.59. The zero-order chi connectivity index (χ0) is 19.6. The first-order valence-corrected chi connectivity index (χ1v) is 9.11. The van der Waals surface area contributed by atoms with E-state index in [1.54, 1.807) is 31.2 Å². The van der Waals surface area contributed by atoms with Crippen LogP contribution in [0.4, 0.5) is 0 Å². The number of phenolic OH excluding ortho intramolecular Hbond substituents is 1. The molecule has 0 bridgehead atoms. The maximum Gasteiger partial charge on any atom is 0.242 e. The maximum absolute atomic E-state index is 12.2. The lowest BCUT2D eigenvalue weighted by molar-refractivity contribution is -0.129. The topological polar surface area (TPSA) is 104 Å². The molecule has 5 N–H and O–H groups in total. The number of phenols is 1. The molecular weight excluding hydrogens is 378 g/mol. The molecule has 2 atom stereocenters. The van der Waals surface area contributed by atoms with Crippen molar-refractivity contribution in [3.8, 4) is 5.75 Å². The fourth-order valence-corrected chi connectivity index (χ4v) is 2.67. The van der Waals surface area contributed by atoms with Crippen molar-refractivity contribution in [3.05, 3.63) is 65.7 Å². The number of hydrogen-bond donors (Lipinski definition) is 4. The van der Waals surface area contributed by atoms with Crippen molar-refractivity contribution in [2.24, 2.45) is 5.73 Å². The van der Waals surface area contributed by atoms with Gasteiger partial charge in [-0.3, -0.25) is 9.59 Å². The molecule has 0 heterocycles. The van der Waals surface area contributed by atoms with Gasteiger partial charge in [0.25, 0.3) is 0 Å². The van der Waals surface area contributed by atoms with Crippen LogP contribution in [0.15, 0.2) is 54.6 Å². The number of rotatable bonds is 9. The van der Waals surface area contributed by atoms with Crippen LogP contribution in [0.2, 0.25) is 0 Å². The minimum absolute atomic E-state index is 0. The van der Waals surface area contributed by atoms with Gasteiger partial charge in [-0.25, -0.2) is 0 Å². The molecule has 28 heavy (non-hydrogen) atoms. The summed E-state index contributed by atoms with van der Waals surface area (Å²) in [5.41, 5.74) is 7.99. The quantitative estimate of drug-likeness (QED) is 0.478. The van der Waals surface area contributed by atoms with Crippen LogP contribution in [0.5, 0.6) is 5.75 Å². The van der Waals surface area contributed by atoms with Crippen molar-refractivity contribution in [1.29, 1.82) is 0 Å². The molecule has 2 aromatic carbocycles. The highest BCUT2D eigenvalue weighted by Gasteiger charge is 2.20. The Bertz CT molecular complexity index is 738. The Morgan fingerprint density at radius 3 is 2.29 bits per heavy atom. The first kappa shape index (κ1) is 23.5. The van der Waals surface area contributed by atoms with E-state index < -0.39 is 12.1 Å². The van der Waals surface area contributed by atoms with E-state index in [-0.39, 0.29) is 30.0 Å². The molecule has 0 aromatic heterocycles. The van der Waals surface area contributed by atoms with Gasteiger partial charge in [0.05, 0.1) is 6.04 Å². The highest BCUT2D eigenvalue weighted by Crippen LogP contribution is 2.11. The van der Waals surface area contributed by atoms with Crippen molar-refractivity contribution in [1.82, 2.24) is 10.6 Å². The Balaban J connectivity index is 0.00000392. The number of carbonyl (C=O) groups excluding carboxylic acids is 2. The predicted octanol–water partition coefficient (Wildman–Crippen LogP) is 1.94. The van der Waals surface area contributed by atoms with Gasteiger partial charge >= 0.3 is 0 Å². The Kier molecular flexibility index (Phi) is 10.1. The zero-order valence-electron chi connectivity index (χ0n) is 15.9. The Hall–Kier alpha value is -2.57. The smallest absolute Gasteiger partial charge is 0.242 e. The Morgan fingerprint density at radius 2 is 1.64 bits per heavy atom. The molecule has 0 aliphatic heterocycles. The monoisotopic (exact) mass is 405 g/mol. The van der Waals surface area contributed by atoms with E-state index in [9.17, 15) is 14.7 Å². The highest BCUT2D eigenvalue weighted by atomic mass is 35.5. The standard InChI is InChI=1S/C21H27N3O3.ClH/c1-15(20(26)23-13-5-8-16-6-3-2-4-7-16)24-21(27)19(22)14-17-9-11-18(25)12-10-17;/h2-4,6-7,9-12,15,19,25H,5,8,13-14,22H2,1H3,(H,23,26)(H,24,27);1H/t15-,19+;/m1./s1. The minimum Gasteiger partial charge on any atom is -0.508 e. The van der Waals surface area contributed by atoms with E-state index in [0.29, 0.717) is 13.0 Å². The van der Waals surface area contributed by atoms with Gasteiger partial charge in [0.2, 0.25) is 11.8 Å². The summed E-state index contributed by atoms with van der Waals surface area (Å²) >= 11 is 0. The summed E-state index contributed by atoms with van der Waals surface area (Å²) in [6.45, 7) is 2.19. The van der Waals surface area contributed by atoms with E-state index >= 15 is 0 Å². The van der Waals surface area contributed by atoms with Crippen LogP contribution >= 0.6 is 12.4 Å². The fraction of sp³-hybridized carbons (Fsp3) is 0.333. The lowest BCUT2D eigenvalue weighted by Gasteiger charge is -2.17. The molecule has 0 saturated heterocycles. The van der Waals surface area contributed by atoms with Gasteiger partial charge in [-0.1, -0.05) is 42.5 Å². The lowest BCUT2D eigenvalue weighted by atomic mass is 10.1. The SMILES string of the molecule is C[C@@H](NC(=O)[C@@H](N)Cc1ccc(O)cc1)C(=O)NCCCc1ccccc1.Cl. The van der Waals surface area contributed by atoms with Crippen LogP contribution in [0.3, 0.4) is 0 Å². The van der Waals surface area contributed by atoms with Crippen LogP contribution in [0, 0.1) is 0 Å². The fourth-order valence-electron chi connectivity index (χ4n) is 2.67. The second-order valence-corrected chi connectivity index (χ2v) is 6.59. The number of amides is 2. The van der Waals surface area contributed by atoms with Crippen LogP contribution < -0.4 is 16.4 Å². The van der Waals surface area contributed by atoms with Crippen LogP contribution in [-0.2, 0) is 22.4 Å². The van der Waals surface area contributed by atoms with E-state index in [1.807, 2.05) is 18.2 Å². The van der Waals surface area contributed by atoms with Crippen LogP contribution in [-0.4, -0.2) is 35.5 Å². The number of nitrogens with two attached hydrogens (primary N) is 1. The van der Waals surface area contributed by atoms with Gasteiger partial charge in [0.1, 0.15) is 11.8 Å². The third-order valence-corrected chi connectivity index (χ3v) is 4.27. The molecule has 0 unspecified atom stereocenters. The largest absolute Gasteiger partial charge is 0.508 e. The molecule has 152 valence electrons.